The van der Waals surface area contributed by atoms with E-state index in [1.165, 1.54) is 43.3 Å². The van der Waals surface area contributed by atoms with Crippen molar-refractivity contribution in [1.29, 1.82) is 0 Å². The minimum Gasteiger partial charge on any atom is -0.345 e. The molecule has 0 fully saturated rings. The Balaban J connectivity index is 2.24. The van der Waals surface area contributed by atoms with E-state index in [0.717, 1.165) is 6.07 Å². The highest BCUT2D eigenvalue weighted by atomic mass is 19.4. The van der Waals surface area contributed by atoms with Crippen molar-refractivity contribution in [2.75, 3.05) is 14.1 Å². The maximum atomic E-state index is 13.3. The predicted octanol–water partition coefficient (Wildman–Crippen LogP) is 4.18. The Morgan fingerprint density at radius 2 is 1.68 bits per heavy atom. The van der Waals surface area contributed by atoms with Gasteiger partial charge in [0.1, 0.15) is 0 Å². The van der Waals surface area contributed by atoms with Crippen molar-refractivity contribution in [3.63, 3.8) is 0 Å². The van der Waals surface area contributed by atoms with Crippen LogP contribution in [0.25, 0.3) is 11.0 Å². The third kappa shape index (κ3) is 4.54. The van der Waals surface area contributed by atoms with Gasteiger partial charge in [-0.05, 0) is 35.9 Å². The average Bonchev–Trinajstić information content (AvgIpc) is 2.67. The molecule has 0 aliphatic carbocycles. The molecule has 0 saturated heterocycles. The van der Waals surface area contributed by atoms with Crippen LogP contribution in [-0.4, -0.2) is 34.5 Å². The van der Waals surface area contributed by atoms with Gasteiger partial charge in [0.2, 0.25) is 5.69 Å². The zero-order valence-corrected chi connectivity index (χ0v) is 16.2. The van der Waals surface area contributed by atoms with E-state index >= 15 is 0 Å². The minimum atomic E-state index is -5.10. The summed E-state index contributed by atoms with van der Waals surface area (Å²) in [5.74, 6) is -0.385. The molecule has 0 aliphatic heterocycles. The largest absolute Gasteiger partial charge is 0.438 e. The van der Waals surface area contributed by atoms with Crippen LogP contribution >= 0.6 is 0 Å². The van der Waals surface area contributed by atoms with E-state index in [0.29, 0.717) is 16.7 Å². The number of rotatable bonds is 3. The summed E-state index contributed by atoms with van der Waals surface area (Å²) in [6.07, 6.45) is -9.87. The second kappa shape index (κ2) is 7.71. The van der Waals surface area contributed by atoms with Crippen LogP contribution in [0.4, 0.5) is 26.3 Å². The Kier molecular flexibility index (Phi) is 5.55. The molecule has 0 spiro atoms. The number of aromatic nitrogens is 2. The summed E-state index contributed by atoms with van der Waals surface area (Å²) in [6.45, 7) is -0.489. The maximum Gasteiger partial charge on any atom is 0.438 e. The number of carbonyl (C=O) groups excluding carboxylic acids is 1. The van der Waals surface area contributed by atoms with E-state index in [4.69, 9.17) is 0 Å². The molecule has 2 aromatic carbocycles. The summed E-state index contributed by atoms with van der Waals surface area (Å²) in [7, 11) is 3.01. The number of hydrogen-bond donors (Lipinski definition) is 0. The smallest absolute Gasteiger partial charge is 0.345 e. The lowest BCUT2D eigenvalue weighted by Crippen LogP contribution is -2.31. The van der Waals surface area contributed by atoms with Gasteiger partial charge in [0.05, 0.1) is 23.1 Å². The SMILES string of the molecule is CN(C)C(=O)c1cccc(Cn2c(=O)c(C(F)(F)F)nc3ccc(C(F)(F)F)cc32)c1. The van der Waals surface area contributed by atoms with Crippen LogP contribution in [0.1, 0.15) is 27.2 Å². The maximum absolute atomic E-state index is 13.3. The van der Waals surface area contributed by atoms with Crippen LogP contribution in [0.5, 0.6) is 0 Å². The Bertz CT molecular complexity index is 1210. The molecular weight excluding hydrogens is 428 g/mol. The van der Waals surface area contributed by atoms with Crippen molar-refractivity contribution in [2.24, 2.45) is 0 Å². The Morgan fingerprint density at radius 3 is 2.26 bits per heavy atom. The molecule has 0 bridgehead atoms. The topological polar surface area (TPSA) is 55.2 Å². The van der Waals surface area contributed by atoms with Gasteiger partial charge in [0.25, 0.3) is 11.5 Å². The Hall–Kier alpha value is -3.37. The van der Waals surface area contributed by atoms with E-state index in [1.807, 2.05) is 0 Å². The Morgan fingerprint density at radius 1 is 1.00 bits per heavy atom. The molecule has 0 aliphatic rings. The lowest BCUT2D eigenvalue weighted by molar-refractivity contribution is -0.142. The van der Waals surface area contributed by atoms with Gasteiger partial charge >= 0.3 is 12.4 Å². The van der Waals surface area contributed by atoms with Gasteiger partial charge in [-0.15, -0.1) is 0 Å². The van der Waals surface area contributed by atoms with E-state index in [-0.39, 0.29) is 17.0 Å². The lowest BCUT2D eigenvalue weighted by atomic mass is 10.1. The third-order valence-corrected chi connectivity index (χ3v) is 4.46. The summed E-state index contributed by atoms with van der Waals surface area (Å²) in [6, 6.07) is 7.72. The van der Waals surface area contributed by atoms with Crippen molar-refractivity contribution in [3.8, 4) is 0 Å². The number of amides is 1. The fourth-order valence-electron chi connectivity index (χ4n) is 3.00. The van der Waals surface area contributed by atoms with E-state index < -0.39 is 46.7 Å². The highest BCUT2D eigenvalue weighted by Crippen LogP contribution is 2.32. The fraction of sp³-hybridized carbons (Fsp3) is 0.250. The van der Waals surface area contributed by atoms with Gasteiger partial charge in [-0.3, -0.25) is 9.59 Å². The molecule has 3 rings (SSSR count). The predicted molar refractivity (Wildman–Crippen MR) is 99.6 cm³/mol. The molecule has 31 heavy (non-hydrogen) atoms. The molecular formula is C20H15F6N3O2. The summed E-state index contributed by atoms with van der Waals surface area (Å²) in [5.41, 5.74) is -4.80. The van der Waals surface area contributed by atoms with Crippen LogP contribution in [0.15, 0.2) is 47.3 Å². The quantitative estimate of drug-likeness (QED) is 0.571. The average molecular weight is 443 g/mol. The van der Waals surface area contributed by atoms with E-state index in [1.54, 1.807) is 0 Å². The van der Waals surface area contributed by atoms with Crippen LogP contribution < -0.4 is 5.56 Å². The Labute approximate surface area is 171 Å². The van der Waals surface area contributed by atoms with Gasteiger partial charge in [-0.1, -0.05) is 12.1 Å². The fourth-order valence-corrected chi connectivity index (χ4v) is 3.00. The number of fused-ring (bicyclic) bond motifs is 1. The van der Waals surface area contributed by atoms with Crippen molar-refractivity contribution < 1.29 is 31.1 Å². The molecule has 164 valence electrons. The highest BCUT2D eigenvalue weighted by Gasteiger charge is 2.38. The minimum absolute atomic E-state index is 0.209. The molecule has 11 heteroatoms. The van der Waals surface area contributed by atoms with Crippen LogP contribution in [0.2, 0.25) is 0 Å². The van der Waals surface area contributed by atoms with Crippen molar-refractivity contribution in [2.45, 2.75) is 18.9 Å². The summed E-state index contributed by atoms with van der Waals surface area (Å²) in [4.78, 5) is 29.2. The van der Waals surface area contributed by atoms with Crippen LogP contribution in [0, 0.1) is 0 Å². The number of carbonyl (C=O) groups is 1. The first kappa shape index (κ1) is 22.3. The second-order valence-corrected chi connectivity index (χ2v) is 6.95. The first-order valence-electron chi connectivity index (χ1n) is 8.78. The summed E-state index contributed by atoms with van der Waals surface area (Å²) in [5, 5.41) is 0. The van der Waals surface area contributed by atoms with Crippen molar-refractivity contribution in [3.05, 3.63) is 75.2 Å². The molecule has 0 saturated carbocycles. The van der Waals surface area contributed by atoms with Gasteiger partial charge in [-0.25, -0.2) is 4.98 Å². The first-order chi connectivity index (χ1) is 14.3. The number of hydrogen-bond acceptors (Lipinski definition) is 3. The molecule has 1 aromatic heterocycles. The first-order valence-corrected chi connectivity index (χ1v) is 8.78. The monoisotopic (exact) mass is 443 g/mol. The van der Waals surface area contributed by atoms with Crippen molar-refractivity contribution in [1.82, 2.24) is 14.5 Å². The van der Waals surface area contributed by atoms with Gasteiger partial charge in [0.15, 0.2) is 0 Å². The third-order valence-electron chi connectivity index (χ3n) is 4.46. The molecule has 1 heterocycles. The van der Waals surface area contributed by atoms with Gasteiger partial charge < -0.3 is 9.47 Å². The standard InChI is InChI=1S/C20H15F6N3O2/c1-28(2)17(30)12-5-3-4-11(8-12)10-29-15-9-13(19(21,22)23)6-7-14(15)27-16(18(29)31)20(24,25)26/h3-9H,10H2,1-2H3. The lowest BCUT2D eigenvalue weighted by Gasteiger charge is -2.16. The molecule has 3 aromatic rings. The van der Waals surface area contributed by atoms with E-state index in [2.05, 4.69) is 4.98 Å². The molecule has 1 amide bonds. The van der Waals surface area contributed by atoms with Crippen LogP contribution in [-0.2, 0) is 18.9 Å². The van der Waals surface area contributed by atoms with Gasteiger partial charge in [-0.2, -0.15) is 26.3 Å². The molecule has 5 nitrogen and oxygen atoms in total. The normalized spacial score (nSPS) is 12.3. The number of alkyl halides is 6. The molecule has 0 N–H and O–H groups in total. The summed E-state index contributed by atoms with van der Waals surface area (Å²) >= 11 is 0. The number of nitrogens with zero attached hydrogens (tertiary/aromatic N) is 3. The van der Waals surface area contributed by atoms with E-state index in [9.17, 15) is 35.9 Å². The summed E-state index contributed by atoms with van der Waals surface area (Å²) < 4.78 is 79.9. The number of halogens is 6. The zero-order chi connectivity index (χ0) is 23.1. The van der Waals surface area contributed by atoms with Gasteiger partial charge in [0, 0.05) is 19.7 Å². The number of benzene rings is 2. The highest BCUT2D eigenvalue weighted by molar-refractivity contribution is 5.94. The zero-order valence-electron chi connectivity index (χ0n) is 16.2. The van der Waals surface area contributed by atoms with Crippen molar-refractivity contribution >= 4 is 16.9 Å². The molecule has 0 radical (unpaired) electrons. The molecule has 0 unspecified atom stereocenters. The van der Waals surface area contributed by atoms with Crippen LogP contribution in [0.3, 0.4) is 0 Å². The second-order valence-electron chi connectivity index (χ2n) is 6.95. The molecule has 0 atom stereocenters.